The summed E-state index contributed by atoms with van der Waals surface area (Å²) in [5, 5.41) is 0.468. The van der Waals surface area contributed by atoms with Crippen molar-refractivity contribution in [2.24, 2.45) is 5.84 Å². The summed E-state index contributed by atoms with van der Waals surface area (Å²) >= 11 is 0. The van der Waals surface area contributed by atoms with E-state index in [4.69, 9.17) is 10.7 Å². The van der Waals surface area contributed by atoms with E-state index in [1.54, 1.807) is 0 Å². The third-order valence-corrected chi connectivity index (χ3v) is 2.38. The number of amides is 2. The molecule has 0 aromatic carbocycles. The molecule has 8 nitrogen and oxygen atoms in total. The van der Waals surface area contributed by atoms with Crippen molar-refractivity contribution in [1.29, 1.82) is 0 Å². The fraction of sp³-hybridized carbons (Fsp3) is 0.200. The molecule has 1 saturated heterocycles. The van der Waals surface area contributed by atoms with Gasteiger partial charge in [0.25, 0.3) is 11.8 Å². The third-order valence-electron chi connectivity index (χ3n) is 2.38. The van der Waals surface area contributed by atoms with E-state index >= 15 is 0 Å². The van der Waals surface area contributed by atoms with E-state index in [2.05, 4.69) is 10.4 Å². The minimum Gasteiger partial charge on any atom is -0.325 e. The number of hydrazine groups is 1. The number of carbonyl (C=O) groups is 3. The Hall–Kier alpha value is -2.48. The van der Waals surface area contributed by atoms with Gasteiger partial charge in [0, 0.05) is 25.2 Å². The molecular weight excluding hydrogens is 240 g/mol. The van der Waals surface area contributed by atoms with Gasteiger partial charge in [0.15, 0.2) is 0 Å². The summed E-state index contributed by atoms with van der Waals surface area (Å²) in [7, 11) is 0. The molecule has 1 fully saturated rings. The molecule has 0 spiro atoms. The molecule has 1 aromatic rings. The van der Waals surface area contributed by atoms with Crippen LogP contribution in [-0.2, 0) is 14.4 Å². The fourth-order valence-electron chi connectivity index (χ4n) is 1.47. The second kappa shape index (κ2) is 4.80. The zero-order chi connectivity index (χ0) is 13.1. The van der Waals surface area contributed by atoms with E-state index in [9.17, 15) is 14.4 Å². The molecule has 0 unspecified atom stereocenters. The lowest BCUT2D eigenvalue weighted by Gasteiger charge is -2.13. The Morgan fingerprint density at radius 1 is 1.39 bits per heavy atom. The molecule has 8 heteroatoms. The van der Waals surface area contributed by atoms with Gasteiger partial charge in [0.05, 0.1) is 5.69 Å². The number of nitrogens with zero attached hydrogens (tertiary/aromatic N) is 2. The van der Waals surface area contributed by atoms with Gasteiger partial charge in [-0.05, 0) is 6.07 Å². The van der Waals surface area contributed by atoms with Gasteiger partial charge >= 0.3 is 5.97 Å². The molecule has 94 valence electrons. The quantitative estimate of drug-likeness (QED) is 0.425. The van der Waals surface area contributed by atoms with E-state index in [1.807, 2.05) is 0 Å². The van der Waals surface area contributed by atoms with Crippen LogP contribution in [0, 0.1) is 0 Å². The van der Waals surface area contributed by atoms with Gasteiger partial charge in [-0.25, -0.2) is 4.79 Å². The van der Waals surface area contributed by atoms with Crippen molar-refractivity contribution in [3.05, 3.63) is 24.0 Å². The monoisotopic (exact) mass is 250 g/mol. The molecule has 0 radical (unpaired) electrons. The number of hydrogen-bond donors (Lipinski definition) is 2. The second-order valence-electron chi connectivity index (χ2n) is 3.53. The summed E-state index contributed by atoms with van der Waals surface area (Å²) in [6, 6.07) is 1.46. The number of nitrogens with one attached hydrogen (secondary N) is 1. The Kier molecular flexibility index (Phi) is 3.20. The van der Waals surface area contributed by atoms with Gasteiger partial charge in [-0.1, -0.05) is 0 Å². The van der Waals surface area contributed by atoms with Crippen LogP contribution in [-0.4, -0.2) is 27.8 Å². The zero-order valence-corrected chi connectivity index (χ0v) is 9.25. The highest BCUT2D eigenvalue weighted by Crippen LogP contribution is 2.17. The average molecular weight is 250 g/mol. The molecule has 2 rings (SSSR count). The van der Waals surface area contributed by atoms with Gasteiger partial charge in [-0.15, -0.1) is 5.06 Å². The fourth-order valence-corrected chi connectivity index (χ4v) is 1.47. The van der Waals surface area contributed by atoms with Gasteiger partial charge in [-0.3, -0.25) is 20.4 Å². The summed E-state index contributed by atoms with van der Waals surface area (Å²) < 4.78 is 0. The third kappa shape index (κ3) is 2.13. The Morgan fingerprint density at radius 3 is 2.67 bits per heavy atom. The molecule has 0 saturated carbocycles. The van der Waals surface area contributed by atoms with E-state index in [0.29, 0.717) is 5.06 Å². The van der Waals surface area contributed by atoms with Crippen molar-refractivity contribution in [3.63, 3.8) is 0 Å². The van der Waals surface area contributed by atoms with Crippen LogP contribution < -0.4 is 11.3 Å². The number of hydrogen-bond acceptors (Lipinski definition) is 7. The molecule has 1 aliphatic heterocycles. The van der Waals surface area contributed by atoms with Crippen molar-refractivity contribution < 1.29 is 19.2 Å². The summed E-state index contributed by atoms with van der Waals surface area (Å²) in [5.74, 6) is 3.26. The van der Waals surface area contributed by atoms with E-state index in [0.717, 1.165) is 0 Å². The number of nitrogen functional groups attached to an aromatic ring is 1. The van der Waals surface area contributed by atoms with Crippen LogP contribution in [0.3, 0.4) is 0 Å². The summed E-state index contributed by atoms with van der Waals surface area (Å²) in [6.45, 7) is 0. The Labute approximate surface area is 102 Å². The number of aromatic nitrogens is 1. The first-order valence-corrected chi connectivity index (χ1v) is 5.12. The summed E-state index contributed by atoms with van der Waals surface area (Å²) in [5.41, 5.74) is 2.62. The molecule has 3 N–H and O–H groups in total. The number of hydroxylamine groups is 2. The zero-order valence-electron chi connectivity index (χ0n) is 9.25. The van der Waals surface area contributed by atoms with E-state index in [1.165, 1.54) is 18.5 Å². The number of imide groups is 1. The lowest BCUT2D eigenvalue weighted by atomic mass is 10.2. The summed E-state index contributed by atoms with van der Waals surface area (Å²) in [6.07, 6.45) is 2.74. The number of pyridine rings is 1. The van der Waals surface area contributed by atoms with Crippen LogP contribution in [0.1, 0.15) is 23.2 Å². The van der Waals surface area contributed by atoms with Crippen LogP contribution in [0.4, 0.5) is 5.69 Å². The number of carbonyl (C=O) groups excluding carboxylic acids is 3. The first-order chi connectivity index (χ1) is 8.63. The molecule has 0 bridgehead atoms. The van der Waals surface area contributed by atoms with Crippen LogP contribution in [0.25, 0.3) is 0 Å². The number of rotatable bonds is 3. The highest BCUT2D eigenvalue weighted by molar-refractivity contribution is 6.03. The molecule has 0 aliphatic carbocycles. The van der Waals surface area contributed by atoms with Crippen molar-refractivity contribution in [2.45, 2.75) is 12.8 Å². The second-order valence-corrected chi connectivity index (χ2v) is 3.53. The molecule has 18 heavy (non-hydrogen) atoms. The van der Waals surface area contributed by atoms with Crippen molar-refractivity contribution in [2.75, 3.05) is 5.43 Å². The molecule has 2 heterocycles. The SMILES string of the molecule is NNc1ccncc1C(=O)ON1C(=O)CCC1=O. The molecular formula is C10H10N4O4. The van der Waals surface area contributed by atoms with Crippen molar-refractivity contribution in [1.82, 2.24) is 10.0 Å². The predicted molar refractivity (Wildman–Crippen MR) is 58.5 cm³/mol. The van der Waals surface area contributed by atoms with Gasteiger partial charge in [0.2, 0.25) is 0 Å². The standard InChI is InChI=1S/C10H10N4O4/c11-13-7-3-4-12-5-6(7)10(17)18-14-8(15)1-2-9(14)16/h3-5H,1-2,11H2,(H,12,13). The topological polar surface area (TPSA) is 115 Å². The van der Waals surface area contributed by atoms with Gasteiger partial charge in [-0.2, -0.15) is 0 Å². The molecule has 1 aromatic heterocycles. The maximum Gasteiger partial charge on any atom is 0.367 e. The highest BCUT2D eigenvalue weighted by Gasteiger charge is 2.33. The highest BCUT2D eigenvalue weighted by atomic mass is 16.7. The lowest BCUT2D eigenvalue weighted by molar-refractivity contribution is -0.172. The minimum atomic E-state index is -0.875. The van der Waals surface area contributed by atoms with Crippen molar-refractivity contribution in [3.8, 4) is 0 Å². The number of anilines is 1. The van der Waals surface area contributed by atoms with Crippen LogP contribution in [0.2, 0.25) is 0 Å². The first-order valence-electron chi connectivity index (χ1n) is 5.12. The summed E-state index contributed by atoms with van der Waals surface area (Å²) in [4.78, 5) is 42.8. The van der Waals surface area contributed by atoms with Crippen LogP contribution >= 0.6 is 0 Å². The Balaban J connectivity index is 2.17. The Bertz CT molecular complexity index is 500. The van der Waals surface area contributed by atoms with Gasteiger partial charge < -0.3 is 10.3 Å². The molecule has 0 atom stereocenters. The van der Waals surface area contributed by atoms with Crippen LogP contribution in [0.5, 0.6) is 0 Å². The largest absolute Gasteiger partial charge is 0.367 e. The van der Waals surface area contributed by atoms with Gasteiger partial charge in [0.1, 0.15) is 5.56 Å². The maximum atomic E-state index is 11.8. The van der Waals surface area contributed by atoms with Crippen molar-refractivity contribution >= 4 is 23.5 Å². The lowest BCUT2D eigenvalue weighted by Crippen LogP contribution is -2.32. The predicted octanol–water partition coefficient (Wildman–Crippen LogP) is -0.412. The molecule has 1 aliphatic rings. The normalized spacial score (nSPS) is 14.8. The van der Waals surface area contributed by atoms with Crippen LogP contribution in [0.15, 0.2) is 18.5 Å². The van der Waals surface area contributed by atoms with E-state index in [-0.39, 0.29) is 24.1 Å². The molecule has 2 amide bonds. The number of nitrogens with two attached hydrogens (primary N) is 1. The van der Waals surface area contributed by atoms with E-state index < -0.39 is 17.8 Å². The maximum absolute atomic E-state index is 11.8. The minimum absolute atomic E-state index is 0.0347. The average Bonchev–Trinajstić information content (AvgIpc) is 2.70. The smallest absolute Gasteiger partial charge is 0.325 e. The first kappa shape index (κ1) is 12.0. The Morgan fingerprint density at radius 2 is 2.06 bits per heavy atom.